The van der Waals surface area contributed by atoms with Gasteiger partial charge < -0.3 is 24.4 Å². The fourth-order valence-corrected chi connectivity index (χ4v) is 12.4. The van der Waals surface area contributed by atoms with E-state index in [9.17, 15) is 9.59 Å². The lowest BCUT2D eigenvalue weighted by Crippen LogP contribution is -2.67. The van der Waals surface area contributed by atoms with E-state index in [0.717, 1.165) is 69.9 Å². The first-order valence-electron chi connectivity index (χ1n) is 17.5. The van der Waals surface area contributed by atoms with Gasteiger partial charge in [-0.3, -0.25) is 9.59 Å². The van der Waals surface area contributed by atoms with Gasteiger partial charge in [0.25, 0.3) is 0 Å². The van der Waals surface area contributed by atoms with Crippen molar-refractivity contribution < 1.29 is 23.8 Å². The summed E-state index contributed by atoms with van der Waals surface area (Å²) >= 11 is 0. The summed E-state index contributed by atoms with van der Waals surface area (Å²) in [7, 11) is 0. The fraction of sp³-hybridized carbons (Fsp3) is 0.943. The number of carbonyl (C=O) groups is 2. The van der Waals surface area contributed by atoms with Crippen LogP contribution in [-0.4, -0.2) is 67.6 Å². The number of carbonyl (C=O) groups excluding carboxylic acids is 2. The summed E-state index contributed by atoms with van der Waals surface area (Å²) in [6.07, 6.45) is 12.5. The smallest absolute Gasteiger partial charge is 0.232 e. The van der Waals surface area contributed by atoms with E-state index < -0.39 is 0 Å². The van der Waals surface area contributed by atoms with Crippen molar-refractivity contribution >= 4 is 11.8 Å². The Morgan fingerprint density at radius 3 is 2.40 bits per heavy atom. The molecular formula is C35H54N2O5. The number of ether oxygens (including phenoxy) is 3. The van der Waals surface area contributed by atoms with Gasteiger partial charge in [-0.2, -0.15) is 0 Å². The van der Waals surface area contributed by atoms with Gasteiger partial charge in [0.15, 0.2) is 5.79 Å². The maximum Gasteiger partial charge on any atom is 0.232 e. The highest BCUT2D eigenvalue weighted by molar-refractivity contribution is 5.97. The van der Waals surface area contributed by atoms with Crippen molar-refractivity contribution in [2.24, 2.45) is 57.7 Å². The molecule has 7 heteroatoms. The lowest BCUT2D eigenvalue weighted by atomic mass is 9.44. The minimum atomic E-state index is -0.327. The van der Waals surface area contributed by atoms with E-state index in [-0.39, 0.29) is 35.5 Å². The number of hydrogen-bond donors (Lipinski definition) is 1. The topological polar surface area (TPSA) is 77.1 Å². The van der Waals surface area contributed by atoms with Gasteiger partial charge in [0, 0.05) is 31.5 Å². The third-order valence-electron chi connectivity index (χ3n) is 14.8. The van der Waals surface area contributed by atoms with Crippen molar-refractivity contribution in [1.29, 1.82) is 0 Å². The van der Waals surface area contributed by atoms with Crippen LogP contribution in [0.1, 0.15) is 98.3 Å². The molecule has 2 spiro atoms. The van der Waals surface area contributed by atoms with Crippen LogP contribution in [0.5, 0.6) is 0 Å². The molecule has 4 aliphatic carbocycles. The summed E-state index contributed by atoms with van der Waals surface area (Å²) in [6, 6.07) is 0.214. The number of nitrogens with zero attached hydrogens (tertiary/aromatic N) is 1. The molecule has 0 unspecified atom stereocenters. The highest BCUT2D eigenvalue weighted by Crippen LogP contribution is 2.71. The largest absolute Gasteiger partial charge is 0.380 e. The second kappa shape index (κ2) is 9.66. The number of hydrogen-bond acceptors (Lipinski definition) is 5. The highest BCUT2D eigenvalue weighted by atomic mass is 16.7. The maximum atomic E-state index is 12.9. The zero-order valence-electron chi connectivity index (χ0n) is 26.5. The average molecular weight is 583 g/mol. The van der Waals surface area contributed by atoms with Crippen LogP contribution in [0.3, 0.4) is 0 Å². The molecule has 42 heavy (non-hydrogen) atoms. The maximum absolute atomic E-state index is 12.9. The summed E-state index contributed by atoms with van der Waals surface area (Å²) in [5, 5.41) is 3.29. The molecule has 7 nitrogen and oxygen atoms in total. The molecule has 8 rings (SSSR count). The van der Waals surface area contributed by atoms with Gasteiger partial charge in [0.05, 0.1) is 31.3 Å². The first-order chi connectivity index (χ1) is 20.0. The van der Waals surface area contributed by atoms with Gasteiger partial charge in [-0.05, 0) is 104 Å². The number of fused-ring (bicyclic) bond motifs is 7. The molecule has 4 saturated carbocycles. The Morgan fingerprint density at radius 2 is 1.69 bits per heavy atom. The lowest BCUT2D eigenvalue weighted by Gasteiger charge is -2.61. The van der Waals surface area contributed by atoms with Crippen LogP contribution in [0, 0.1) is 57.7 Å². The van der Waals surface area contributed by atoms with Crippen molar-refractivity contribution in [3.8, 4) is 0 Å². The number of likely N-dealkylation sites (tertiary alicyclic amines) is 1. The quantitative estimate of drug-likeness (QED) is 0.465. The number of amides is 2. The van der Waals surface area contributed by atoms with Crippen molar-refractivity contribution in [3.63, 3.8) is 0 Å². The second-order valence-corrected chi connectivity index (χ2v) is 17.1. The Balaban J connectivity index is 0.890. The fourth-order valence-electron chi connectivity index (χ4n) is 12.4. The Morgan fingerprint density at radius 1 is 0.905 bits per heavy atom. The average Bonchev–Trinajstić information content (AvgIpc) is 3.34. The molecule has 0 bridgehead atoms. The molecule has 4 heterocycles. The summed E-state index contributed by atoms with van der Waals surface area (Å²) < 4.78 is 18.8. The molecular weight excluding hydrogens is 528 g/mol. The minimum absolute atomic E-state index is 0.00544. The summed E-state index contributed by atoms with van der Waals surface area (Å²) in [5.74, 6) is 4.35. The van der Waals surface area contributed by atoms with Crippen LogP contribution in [-0.2, 0) is 23.8 Å². The summed E-state index contributed by atoms with van der Waals surface area (Å²) in [5.41, 5.74) is 0.929. The monoisotopic (exact) mass is 582 g/mol. The van der Waals surface area contributed by atoms with Crippen molar-refractivity contribution in [1.82, 2.24) is 10.2 Å². The summed E-state index contributed by atoms with van der Waals surface area (Å²) in [6.45, 7) is 13.9. The molecule has 0 aromatic carbocycles. The van der Waals surface area contributed by atoms with E-state index >= 15 is 0 Å². The molecule has 12 atom stereocenters. The van der Waals surface area contributed by atoms with E-state index in [0.29, 0.717) is 40.6 Å². The van der Waals surface area contributed by atoms with Gasteiger partial charge in [0.2, 0.25) is 11.8 Å². The van der Waals surface area contributed by atoms with E-state index in [4.69, 9.17) is 14.2 Å². The van der Waals surface area contributed by atoms with Gasteiger partial charge in [-0.15, -0.1) is 0 Å². The van der Waals surface area contributed by atoms with Crippen molar-refractivity contribution in [3.05, 3.63) is 0 Å². The van der Waals surface area contributed by atoms with Gasteiger partial charge in [-0.1, -0.05) is 27.7 Å². The predicted molar refractivity (Wildman–Crippen MR) is 158 cm³/mol. The van der Waals surface area contributed by atoms with Crippen LogP contribution < -0.4 is 5.32 Å². The number of nitrogens with one attached hydrogen (secondary N) is 1. The number of rotatable bonds is 3. The normalized spacial score (nSPS) is 52.0. The van der Waals surface area contributed by atoms with Crippen molar-refractivity contribution in [2.75, 3.05) is 32.9 Å². The predicted octanol–water partition coefficient (Wildman–Crippen LogP) is 5.17. The molecule has 234 valence electrons. The second-order valence-electron chi connectivity index (χ2n) is 17.1. The van der Waals surface area contributed by atoms with E-state index in [1.165, 1.54) is 44.9 Å². The molecule has 8 fully saturated rings. The molecule has 0 radical (unpaired) electrons. The van der Waals surface area contributed by atoms with Crippen LogP contribution in [0.2, 0.25) is 0 Å². The molecule has 4 aliphatic heterocycles. The first-order valence-corrected chi connectivity index (χ1v) is 17.5. The van der Waals surface area contributed by atoms with Gasteiger partial charge >= 0.3 is 0 Å². The van der Waals surface area contributed by atoms with Gasteiger partial charge in [-0.25, -0.2) is 0 Å². The van der Waals surface area contributed by atoms with E-state index in [1.54, 1.807) is 0 Å². The first kappa shape index (κ1) is 28.3. The van der Waals surface area contributed by atoms with Crippen LogP contribution in [0.15, 0.2) is 0 Å². The molecule has 0 aromatic rings. The highest BCUT2D eigenvalue weighted by Gasteiger charge is 2.69. The standard InChI is InChI=1S/C35H54N2O5/c1-21-7-12-35(41-16-21)22(2)31-28(42-35)14-27-25-6-5-23-13-24(8-10-32(23,3)26(25)9-11-33(27,31)4)36-29(38)15-30(39)37-17-34(18-37)19-40-20-34/h21-28,31H,5-20H2,1-4H3,(H,36,38)/t21-,22+,23-,24+,25-,26+,27+,28+,31+,32+,33+,35-/m1/s1. The third-order valence-corrected chi connectivity index (χ3v) is 14.8. The minimum Gasteiger partial charge on any atom is -0.380 e. The molecule has 0 aromatic heterocycles. The Hall–Kier alpha value is -1.18. The molecule has 4 saturated heterocycles. The van der Waals surface area contributed by atoms with E-state index in [1.807, 2.05) is 4.90 Å². The van der Waals surface area contributed by atoms with Gasteiger partial charge in [0.1, 0.15) is 6.42 Å². The molecule has 2 amide bonds. The molecule has 8 aliphatic rings. The van der Waals surface area contributed by atoms with E-state index in [2.05, 4.69) is 33.0 Å². The Bertz CT molecular complexity index is 1110. The Labute approximate surface area is 252 Å². The summed E-state index contributed by atoms with van der Waals surface area (Å²) in [4.78, 5) is 27.4. The van der Waals surface area contributed by atoms with Crippen LogP contribution in [0.25, 0.3) is 0 Å². The van der Waals surface area contributed by atoms with Crippen LogP contribution in [0.4, 0.5) is 0 Å². The lowest BCUT2D eigenvalue weighted by molar-refractivity contribution is -0.273. The zero-order chi connectivity index (χ0) is 29.1. The van der Waals surface area contributed by atoms with Crippen molar-refractivity contribution in [2.45, 2.75) is 116 Å². The molecule has 1 N–H and O–H groups in total. The third kappa shape index (κ3) is 4.07. The zero-order valence-corrected chi connectivity index (χ0v) is 26.5. The van der Waals surface area contributed by atoms with Crippen LogP contribution >= 0.6 is 0 Å². The SMILES string of the molecule is C[C@@H]1CC[C@@]2(OC1)O[C@H]1C[C@H]3[C@@H]4CC[C@@H]5C[C@@H](NC(=O)CC(=O)N6CC7(COC7)C6)CC[C@]5(C)[C@H]4CC[C@]3(C)[C@H]1[C@@H]2C. The Kier molecular flexibility index (Phi) is 6.51.